The highest BCUT2D eigenvalue weighted by Crippen LogP contribution is 2.44. The molecule has 1 N–H and O–H groups in total. The van der Waals surface area contributed by atoms with E-state index in [0.29, 0.717) is 6.54 Å². The molecule has 100 valence electrons. The Morgan fingerprint density at radius 2 is 1.70 bits per heavy atom. The van der Waals surface area contributed by atoms with Crippen LogP contribution in [0.3, 0.4) is 0 Å². The molecule has 2 aliphatic rings. The first-order valence-electron chi connectivity index (χ1n) is 6.93. The average Bonchev–Trinajstić information content (AvgIpc) is 2.68. The standard InChI is InChI=1S/C17H15NO2/c19-16-12-6-2-1-5-11(12)9-10-18-15(16)13-7-3-4-8-14(13)17(18)20/h1-8,15-16,19H,9-10H2/t15-,16-/m0/s1. The summed E-state index contributed by atoms with van der Waals surface area (Å²) in [5.41, 5.74) is 3.77. The van der Waals surface area contributed by atoms with E-state index in [4.69, 9.17) is 0 Å². The fourth-order valence-electron chi connectivity index (χ4n) is 3.44. The molecule has 2 aliphatic heterocycles. The molecular weight excluding hydrogens is 250 g/mol. The number of aliphatic hydroxyl groups excluding tert-OH is 1. The quantitative estimate of drug-likeness (QED) is 0.795. The molecule has 0 spiro atoms. The number of hydrogen-bond donors (Lipinski definition) is 1. The Morgan fingerprint density at radius 1 is 1.00 bits per heavy atom. The van der Waals surface area contributed by atoms with E-state index in [1.807, 2.05) is 53.4 Å². The third-order valence-electron chi connectivity index (χ3n) is 4.40. The summed E-state index contributed by atoms with van der Waals surface area (Å²) in [4.78, 5) is 14.3. The van der Waals surface area contributed by atoms with Crippen molar-refractivity contribution in [1.29, 1.82) is 0 Å². The van der Waals surface area contributed by atoms with Crippen molar-refractivity contribution in [3.8, 4) is 0 Å². The first-order valence-corrected chi connectivity index (χ1v) is 6.93. The lowest BCUT2D eigenvalue weighted by Gasteiger charge is -2.26. The molecule has 0 aliphatic carbocycles. The molecular formula is C17H15NO2. The van der Waals surface area contributed by atoms with Crippen molar-refractivity contribution in [2.24, 2.45) is 0 Å². The maximum absolute atomic E-state index is 12.5. The minimum atomic E-state index is -0.652. The topological polar surface area (TPSA) is 40.5 Å². The first kappa shape index (κ1) is 11.7. The Hall–Kier alpha value is -2.13. The Bertz CT molecular complexity index is 695. The predicted octanol–water partition coefficient (Wildman–Crippen LogP) is 2.47. The highest BCUT2D eigenvalue weighted by atomic mass is 16.3. The second-order valence-corrected chi connectivity index (χ2v) is 5.42. The molecule has 0 bridgehead atoms. The third kappa shape index (κ3) is 1.47. The van der Waals surface area contributed by atoms with Gasteiger partial charge in [0.15, 0.2) is 0 Å². The molecule has 0 aromatic heterocycles. The number of fused-ring (bicyclic) bond motifs is 4. The monoisotopic (exact) mass is 265 g/mol. The predicted molar refractivity (Wildman–Crippen MR) is 75.3 cm³/mol. The lowest BCUT2D eigenvalue weighted by atomic mass is 9.93. The summed E-state index contributed by atoms with van der Waals surface area (Å²) < 4.78 is 0. The zero-order valence-corrected chi connectivity index (χ0v) is 11.0. The number of aliphatic hydroxyl groups is 1. The van der Waals surface area contributed by atoms with Gasteiger partial charge in [0, 0.05) is 12.1 Å². The van der Waals surface area contributed by atoms with Gasteiger partial charge in [-0.3, -0.25) is 4.79 Å². The minimum absolute atomic E-state index is 0.0393. The van der Waals surface area contributed by atoms with Crippen LogP contribution in [0.5, 0.6) is 0 Å². The summed E-state index contributed by atoms with van der Waals surface area (Å²) >= 11 is 0. The lowest BCUT2D eigenvalue weighted by Crippen LogP contribution is -2.31. The molecule has 0 fully saturated rings. The fraction of sp³-hybridized carbons (Fsp3) is 0.235. The number of hydrogen-bond acceptors (Lipinski definition) is 2. The molecule has 4 rings (SSSR count). The summed E-state index contributed by atoms with van der Waals surface area (Å²) in [6.07, 6.45) is 0.144. The number of carbonyl (C=O) groups excluding carboxylic acids is 1. The zero-order valence-electron chi connectivity index (χ0n) is 11.0. The molecule has 2 atom stereocenters. The summed E-state index contributed by atoms with van der Waals surface area (Å²) in [6.45, 7) is 0.659. The van der Waals surface area contributed by atoms with Crippen molar-refractivity contribution in [3.63, 3.8) is 0 Å². The van der Waals surface area contributed by atoms with Crippen molar-refractivity contribution < 1.29 is 9.90 Å². The Morgan fingerprint density at radius 3 is 2.55 bits per heavy atom. The van der Waals surface area contributed by atoms with Crippen LogP contribution >= 0.6 is 0 Å². The van der Waals surface area contributed by atoms with E-state index in [2.05, 4.69) is 0 Å². The Balaban J connectivity index is 1.89. The van der Waals surface area contributed by atoms with Crippen molar-refractivity contribution in [2.45, 2.75) is 18.6 Å². The van der Waals surface area contributed by atoms with Gasteiger partial charge in [0.2, 0.25) is 0 Å². The maximum atomic E-state index is 12.5. The molecule has 0 saturated carbocycles. The molecule has 2 heterocycles. The fourth-order valence-corrected chi connectivity index (χ4v) is 3.44. The third-order valence-corrected chi connectivity index (χ3v) is 4.40. The minimum Gasteiger partial charge on any atom is -0.386 e. The van der Waals surface area contributed by atoms with Gasteiger partial charge in [-0.05, 0) is 29.2 Å². The van der Waals surface area contributed by atoms with E-state index in [9.17, 15) is 9.90 Å². The Labute approximate surface area is 117 Å². The highest BCUT2D eigenvalue weighted by molar-refractivity contribution is 5.99. The van der Waals surface area contributed by atoms with E-state index in [-0.39, 0.29) is 11.9 Å². The number of benzene rings is 2. The van der Waals surface area contributed by atoms with Gasteiger partial charge in [-0.2, -0.15) is 0 Å². The van der Waals surface area contributed by atoms with Crippen LogP contribution in [0.2, 0.25) is 0 Å². The highest BCUT2D eigenvalue weighted by Gasteiger charge is 2.42. The van der Waals surface area contributed by atoms with Gasteiger partial charge in [-0.1, -0.05) is 42.5 Å². The average molecular weight is 265 g/mol. The number of amides is 1. The summed E-state index contributed by atoms with van der Waals surface area (Å²) in [5, 5.41) is 10.8. The SMILES string of the molecule is O=C1c2ccccc2[C@H]2[C@@H](O)c3ccccc3CCN12. The van der Waals surface area contributed by atoms with Gasteiger partial charge in [0.1, 0.15) is 6.10 Å². The molecule has 0 unspecified atom stereocenters. The number of nitrogens with zero attached hydrogens (tertiary/aromatic N) is 1. The molecule has 2 aromatic rings. The van der Waals surface area contributed by atoms with Gasteiger partial charge in [0.05, 0.1) is 6.04 Å². The first-order chi connectivity index (χ1) is 9.77. The number of carbonyl (C=O) groups is 1. The van der Waals surface area contributed by atoms with Crippen molar-refractivity contribution in [2.75, 3.05) is 6.54 Å². The van der Waals surface area contributed by atoms with Crippen LogP contribution in [0.1, 0.15) is 39.2 Å². The zero-order chi connectivity index (χ0) is 13.7. The van der Waals surface area contributed by atoms with Crippen LogP contribution in [0.25, 0.3) is 0 Å². The summed E-state index contributed by atoms with van der Waals surface area (Å²) in [5.74, 6) is 0.0393. The van der Waals surface area contributed by atoms with Crippen LogP contribution in [-0.4, -0.2) is 22.5 Å². The van der Waals surface area contributed by atoms with E-state index >= 15 is 0 Å². The normalized spacial score (nSPS) is 23.9. The van der Waals surface area contributed by atoms with Gasteiger partial charge in [-0.25, -0.2) is 0 Å². The van der Waals surface area contributed by atoms with Gasteiger partial charge in [0.25, 0.3) is 5.91 Å². The van der Waals surface area contributed by atoms with E-state index in [0.717, 1.165) is 28.7 Å². The van der Waals surface area contributed by atoms with E-state index in [1.165, 1.54) is 0 Å². The van der Waals surface area contributed by atoms with Crippen molar-refractivity contribution in [3.05, 3.63) is 70.8 Å². The summed E-state index contributed by atoms with van der Waals surface area (Å²) in [6, 6.07) is 15.3. The molecule has 2 aromatic carbocycles. The van der Waals surface area contributed by atoms with Crippen molar-refractivity contribution in [1.82, 2.24) is 4.90 Å². The lowest BCUT2D eigenvalue weighted by molar-refractivity contribution is 0.0464. The molecule has 0 saturated heterocycles. The van der Waals surface area contributed by atoms with Crippen LogP contribution < -0.4 is 0 Å². The molecule has 3 heteroatoms. The second-order valence-electron chi connectivity index (χ2n) is 5.42. The van der Waals surface area contributed by atoms with Gasteiger partial charge in [-0.15, -0.1) is 0 Å². The molecule has 1 amide bonds. The van der Waals surface area contributed by atoms with E-state index in [1.54, 1.807) is 0 Å². The van der Waals surface area contributed by atoms with Gasteiger partial charge < -0.3 is 10.0 Å². The van der Waals surface area contributed by atoms with Crippen LogP contribution in [0.4, 0.5) is 0 Å². The van der Waals surface area contributed by atoms with Crippen LogP contribution in [0, 0.1) is 0 Å². The van der Waals surface area contributed by atoms with Crippen molar-refractivity contribution >= 4 is 5.91 Å². The number of rotatable bonds is 0. The summed E-state index contributed by atoms with van der Waals surface area (Å²) in [7, 11) is 0. The second kappa shape index (κ2) is 4.18. The molecule has 3 nitrogen and oxygen atoms in total. The smallest absolute Gasteiger partial charge is 0.254 e. The van der Waals surface area contributed by atoms with Crippen LogP contribution in [-0.2, 0) is 6.42 Å². The van der Waals surface area contributed by atoms with Gasteiger partial charge >= 0.3 is 0 Å². The largest absolute Gasteiger partial charge is 0.386 e. The molecule has 0 radical (unpaired) electrons. The molecule has 20 heavy (non-hydrogen) atoms. The van der Waals surface area contributed by atoms with Crippen LogP contribution in [0.15, 0.2) is 48.5 Å². The Kier molecular flexibility index (Phi) is 2.44. The maximum Gasteiger partial charge on any atom is 0.254 e. The van der Waals surface area contributed by atoms with E-state index < -0.39 is 6.10 Å².